The van der Waals surface area contributed by atoms with Crippen molar-refractivity contribution in [3.05, 3.63) is 24.3 Å². The Hall–Kier alpha value is -0.960. The van der Waals surface area contributed by atoms with Crippen molar-refractivity contribution < 1.29 is 4.79 Å². The first-order valence-electron chi connectivity index (χ1n) is 5.06. The van der Waals surface area contributed by atoms with Crippen LogP contribution in [0.1, 0.15) is 20.8 Å². The molecule has 0 N–H and O–H groups in total. The summed E-state index contributed by atoms with van der Waals surface area (Å²) < 4.78 is 0.0972. The first kappa shape index (κ1) is 10.6. The number of para-hydroxylation sites is 1. The van der Waals surface area contributed by atoms with Crippen LogP contribution in [0.5, 0.6) is 0 Å². The molecule has 2 nitrogen and oxygen atoms in total. The van der Waals surface area contributed by atoms with Gasteiger partial charge in [0.1, 0.15) is 0 Å². The normalized spacial score (nSPS) is 18.5. The summed E-state index contributed by atoms with van der Waals surface area (Å²) in [5.41, 5.74) is 1.05. The number of fused-ring (bicyclic) bond motifs is 1. The number of anilines is 1. The van der Waals surface area contributed by atoms with Crippen LogP contribution in [-0.2, 0) is 4.79 Å². The Balaban J connectivity index is 2.47. The maximum atomic E-state index is 11.6. The van der Waals surface area contributed by atoms with Crippen LogP contribution >= 0.6 is 11.8 Å². The van der Waals surface area contributed by atoms with Crippen LogP contribution in [0.4, 0.5) is 5.69 Å². The van der Waals surface area contributed by atoms with Gasteiger partial charge in [0, 0.05) is 23.1 Å². The van der Waals surface area contributed by atoms with Crippen LogP contribution in [-0.4, -0.2) is 17.2 Å². The molecule has 1 aliphatic heterocycles. The first-order chi connectivity index (χ1) is 6.99. The number of thioether (sulfide) groups is 1. The quantitative estimate of drug-likeness (QED) is 0.671. The Bertz CT molecular complexity index is 400. The SMILES string of the molecule is CC(=O)N1CC(C)(C)Sc2ccccc21. The third-order valence-corrected chi connectivity index (χ3v) is 3.71. The summed E-state index contributed by atoms with van der Waals surface area (Å²) in [5.74, 6) is 0.121. The Morgan fingerprint density at radius 2 is 2.07 bits per heavy atom. The molecule has 1 aromatic carbocycles. The van der Waals surface area contributed by atoms with Crippen molar-refractivity contribution in [2.24, 2.45) is 0 Å². The summed E-state index contributed by atoms with van der Waals surface area (Å²) in [6.45, 7) is 6.75. The predicted octanol–water partition coefficient (Wildman–Crippen LogP) is 2.92. The van der Waals surface area contributed by atoms with Gasteiger partial charge in [-0.2, -0.15) is 0 Å². The molecule has 0 aromatic heterocycles. The van der Waals surface area contributed by atoms with E-state index in [0.29, 0.717) is 0 Å². The van der Waals surface area contributed by atoms with Gasteiger partial charge in [0.25, 0.3) is 0 Å². The van der Waals surface area contributed by atoms with E-state index in [9.17, 15) is 4.79 Å². The molecule has 1 heterocycles. The lowest BCUT2D eigenvalue weighted by Crippen LogP contribution is -2.42. The highest BCUT2D eigenvalue weighted by Crippen LogP contribution is 2.43. The molecule has 15 heavy (non-hydrogen) atoms. The highest BCUT2D eigenvalue weighted by molar-refractivity contribution is 8.00. The number of benzene rings is 1. The molecule has 0 saturated heterocycles. The minimum Gasteiger partial charge on any atom is -0.310 e. The minimum absolute atomic E-state index is 0.0972. The summed E-state index contributed by atoms with van der Waals surface area (Å²) in [6.07, 6.45) is 0. The molecular weight excluding hydrogens is 206 g/mol. The third-order valence-electron chi connectivity index (χ3n) is 2.46. The van der Waals surface area contributed by atoms with Gasteiger partial charge in [-0.25, -0.2) is 0 Å². The molecular formula is C12H15NOS. The Morgan fingerprint density at radius 1 is 1.40 bits per heavy atom. The van der Waals surface area contributed by atoms with Crippen molar-refractivity contribution in [1.82, 2.24) is 0 Å². The molecule has 80 valence electrons. The van der Waals surface area contributed by atoms with Crippen LogP contribution in [0.25, 0.3) is 0 Å². The lowest BCUT2D eigenvalue weighted by molar-refractivity contribution is -0.116. The second kappa shape index (κ2) is 3.56. The number of nitrogens with zero attached hydrogens (tertiary/aromatic N) is 1. The fraction of sp³-hybridized carbons (Fsp3) is 0.417. The largest absolute Gasteiger partial charge is 0.310 e. The van der Waals surface area contributed by atoms with Gasteiger partial charge in [0.2, 0.25) is 5.91 Å². The van der Waals surface area contributed by atoms with Crippen LogP contribution in [0.3, 0.4) is 0 Å². The van der Waals surface area contributed by atoms with E-state index in [2.05, 4.69) is 19.9 Å². The van der Waals surface area contributed by atoms with Gasteiger partial charge in [-0.3, -0.25) is 4.79 Å². The molecule has 0 bridgehead atoms. The molecule has 0 fully saturated rings. The van der Waals surface area contributed by atoms with E-state index in [4.69, 9.17) is 0 Å². The van der Waals surface area contributed by atoms with Crippen molar-refractivity contribution in [1.29, 1.82) is 0 Å². The van der Waals surface area contributed by atoms with Crippen LogP contribution in [0.15, 0.2) is 29.2 Å². The van der Waals surface area contributed by atoms with E-state index in [1.807, 2.05) is 34.9 Å². The monoisotopic (exact) mass is 221 g/mol. The molecule has 0 unspecified atom stereocenters. The highest BCUT2D eigenvalue weighted by Gasteiger charge is 2.32. The molecule has 0 aliphatic carbocycles. The molecule has 0 saturated carbocycles. The van der Waals surface area contributed by atoms with Crippen molar-refractivity contribution in [2.75, 3.05) is 11.4 Å². The van der Waals surface area contributed by atoms with E-state index >= 15 is 0 Å². The average molecular weight is 221 g/mol. The Kier molecular flexibility index (Phi) is 2.51. The second-order valence-corrected chi connectivity index (χ2v) is 6.18. The van der Waals surface area contributed by atoms with Gasteiger partial charge in [-0.05, 0) is 26.0 Å². The lowest BCUT2D eigenvalue weighted by Gasteiger charge is -2.38. The maximum Gasteiger partial charge on any atom is 0.223 e. The molecule has 0 atom stereocenters. The average Bonchev–Trinajstić information content (AvgIpc) is 2.14. The van der Waals surface area contributed by atoms with Gasteiger partial charge >= 0.3 is 0 Å². The number of carbonyl (C=O) groups excluding carboxylic acids is 1. The second-order valence-electron chi connectivity index (χ2n) is 4.43. The maximum absolute atomic E-state index is 11.6. The number of rotatable bonds is 0. The fourth-order valence-corrected chi connectivity index (χ4v) is 3.06. The van der Waals surface area contributed by atoms with Crippen molar-refractivity contribution in [2.45, 2.75) is 30.4 Å². The van der Waals surface area contributed by atoms with Gasteiger partial charge in [0.05, 0.1) is 5.69 Å². The topological polar surface area (TPSA) is 20.3 Å². The fourth-order valence-electron chi connectivity index (χ4n) is 1.84. The molecule has 1 amide bonds. The Labute approximate surface area is 94.7 Å². The van der Waals surface area contributed by atoms with Crippen molar-refractivity contribution in [3.63, 3.8) is 0 Å². The number of carbonyl (C=O) groups is 1. The van der Waals surface area contributed by atoms with Crippen molar-refractivity contribution in [3.8, 4) is 0 Å². The molecule has 3 heteroatoms. The predicted molar refractivity (Wildman–Crippen MR) is 64.4 cm³/mol. The van der Waals surface area contributed by atoms with Gasteiger partial charge in [-0.15, -0.1) is 11.8 Å². The van der Waals surface area contributed by atoms with Gasteiger partial charge in [0.15, 0.2) is 0 Å². The van der Waals surface area contributed by atoms with E-state index in [1.165, 1.54) is 4.90 Å². The van der Waals surface area contributed by atoms with Crippen molar-refractivity contribution >= 4 is 23.4 Å². The summed E-state index contributed by atoms with van der Waals surface area (Å²) >= 11 is 1.84. The summed E-state index contributed by atoms with van der Waals surface area (Å²) in [4.78, 5) is 14.6. The highest BCUT2D eigenvalue weighted by atomic mass is 32.2. The Morgan fingerprint density at radius 3 is 2.73 bits per heavy atom. The van der Waals surface area contributed by atoms with Crippen LogP contribution in [0.2, 0.25) is 0 Å². The molecule has 0 spiro atoms. The van der Waals surface area contributed by atoms with Gasteiger partial charge in [-0.1, -0.05) is 12.1 Å². The third kappa shape index (κ3) is 2.02. The van der Waals surface area contributed by atoms with E-state index in [0.717, 1.165) is 12.2 Å². The number of hydrogen-bond donors (Lipinski definition) is 0. The zero-order valence-corrected chi connectivity index (χ0v) is 10.1. The molecule has 1 aliphatic rings. The summed E-state index contributed by atoms with van der Waals surface area (Å²) in [6, 6.07) is 8.09. The zero-order chi connectivity index (χ0) is 11.1. The smallest absolute Gasteiger partial charge is 0.223 e. The molecule has 1 aromatic rings. The molecule has 2 rings (SSSR count). The zero-order valence-electron chi connectivity index (χ0n) is 9.28. The van der Waals surface area contributed by atoms with Gasteiger partial charge < -0.3 is 4.90 Å². The van der Waals surface area contributed by atoms with E-state index < -0.39 is 0 Å². The standard InChI is InChI=1S/C12H15NOS/c1-9(14)13-8-12(2,3)15-11-7-5-4-6-10(11)13/h4-7H,8H2,1-3H3. The number of amides is 1. The number of hydrogen-bond acceptors (Lipinski definition) is 2. The first-order valence-corrected chi connectivity index (χ1v) is 5.87. The van der Waals surface area contributed by atoms with Crippen LogP contribution < -0.4 is 4.90 Å². The lowest BCUT2D eigenvalue weighted by atomic mass is 10.1. The minimum atomic E-state index is 0.0972. The summed E-state index contributed by atoms with van der Waals surface area (Å²) in [5, 5.41) is 0. The van der Waals surface area contributed by atoms with Crippen LogP contribution in [0, 0.1) is 0 Å². The van der Waals surface area contributed by atoms with E-state index in [1.54, 1.807) is 6.92 Å². The summed E-state index contributed by atoms with van der Waals surface area (Å²) in [7, 11) is 0. The molecule has 0 radical (unpaired) electrons. The van der Waals surface area contributed by atoms with E-state index in [-0.39, 0.29) is 10.7 Å².